The summed E-state index contributed by atoms with van der Waals surface area (Å²) < 4.78 is 11.7. The van der Waals surface area contributed by atoms with Crippen LogP contribution < -0.4 is 14.8 Å². The Morgan fingerprint density at radius 2 is 1.79 bits per heavy atom. The van der Waals surface area contributed by atoms with Crippen LogP contribution >= 0.6 is 0 Å². The molecule has 7 nitrogen and oxygen atoms in total. The Morgan fingerprint density at radius 1 is 1.00 bits per heavy atom. The Kier molecular flexibility index (Phi) is 7.55. The number of hydrogen-bond acceptors (Lipinski definition) is 5. The van der Waals surface area contributed by atoms with Gasteiger partial charge in [-0.05, 0) is 54.8 Å². The summed E-state index contributed by atoms with van der Waals surface area (Å²) in [5.74, 6) is 1.63. The first-order chi connectivity index (χ1) is 16.7. The van der Waals surface area contributed by atoms with Crippen molar-refractivity contribution in [1.82, 2.24) is 20.3 Å². The molecule has 1 atom stereocenters. The molecule has 0 bridgehead atoms. The van der Waals surface area contributed by atoms with Gasteiger partial charge in [0.1, 0.15) is 12.4 Å². The van der Waals surface area contributed by atoms with E-state index in [0.717, 1.165) is 22.6 Å². The van der Waals surface area contributed by atoms with E-state index in [0.29, 0.717) is 36.7 Å². The molecule has 0 radical (unpaired) electrons. The minimum Gasteiger partial charge on any atom is -0.490 e. The molecule has 0 saturated carbocycles. The molecule has 0 spiro atoms. The summed E-state index contributed by atoms with van der Waals surface area (Å²) in [5.41, 5.74) is 3.45. The lowest BCUT2D eigenvalue weighted by atomic mass is 10.1. The fourth-order valence-corrected chi connectivity index (χ4v) is 3.56. The summed E-state index contributed by atoms with van der Waals surface area (Å²) in [7, 11) is 0. The van der Waals surface area contributed by atoms with Gasteiger partial charge in [0.25, 0.3) is 5.91 Å². The molecule has 0 aliphatic heterocycles. The highest BCUT2D eigenvalue weighted by Gasteiger charge is 2.19. The van der Waals surface area contributed by atoms with Crippen molar-refractivity contribution in [3.05, 3.63) is 96.2 Å². The Bertz CT molecular complexity index is 1210. The Balaban J connectivity index is 1.47. The molecule has 174 valence electrons. The van der Waals surface area contributed by atoms with Crippen molar-refractivity contribution in [3.63, 3.8) is 0 Å². The summed E-state index contributed by atoms with van der Waals surface area (Å²) in [6.45, 7) is 4.75. The molecule has 4 aromatic rings. The van der Waals surface area contributed by atoms with Gasteiger partial charge in [0.05, 0.1) is 24.5 Å². The number of ether oxygens (including phenoxy) is 2. The molecule has 1 unspecified atom stereocenters. The minimum atomic E-state index is -0.247. The SMILES string of the molecule is CCOc1cc(C(=O)NC(CC)c2ncc(-c3ccccc3)[nH]2)ccc1OCc1ccncc1. The predicted molar refractivity (Wildman–Crippen MR) is 131 cm³/mol. The zero-order chi connectivity index (χ0) is 23.8. The first-order valence-electron chi connectivity index (χ1n) is 11.4. The number of aromatic nitrogens is 3. The number of carbonyl (C=O) groups is 1. The van der Waals surface area contributed by atoms with Crippen molar-refractivity contribution < 1.29 is 14.3 Å². The van der Waals surface area contributed by atoms with Crippen molar-refractivity contribution in [2.45, 2.75) is 32.9 Å². The summed E-state index contributed by atoms with van der Waals surface area (Å²) in [6.07, 6.45) is 5.93. The third-order valence-electron chi connectivity index (χ3n) is 5.37. The van der Waals surface area contributed by atoms with Crippen LogP contribution in [0.4, 0.5) is 0 Å². The molecular weight excluding hydrogens is 428 g/mol. The van der Waals surface area contributed by atoms with Crippen molar-refractivity contribution >= 4 is 5.91 Å². The number of nitrogens with one attached hydrogen (secondary N) is 2. The number of H-pyrrole nitrogens is 1. The molecule has 0 fully saturated rings. The average Bonchev–Trinajstić information content (AvgIpc) is 3.38. The average molecular weight is 457 g/mol. The van der Waals surface area contributed by atoms with E-state index >= 15 is 0 Å². The lowest BCUT2D eigenvalue weighted by Gasteiger charge is -2.17. The van der Waals surface area contributed by atoms with Crippen molar-refractivity contribution in [2.75, 3.05) is 6.61 Å². The number of benzene rings is 2. The highest BCUT2D eigenvalue weighted by atomic mass is 16.5. The van der Waals surface area contributed by atoms with Gasteiger partial charge in [0.2, 0.25) is 0 Å². The van der Waals surface area contributed by atoms with Gasteiger partial charge >= 0.3 is 0 Å². The third-order valence-corrected chi connectivity index (χ3v) is 5.37. The molecule has 34 heavy (non-hydrogen) atoms. The molecule has 2 aromatic carbocycles. The Morgan fingerprint density at radius 3 is 2.53 bits per heavy atom. The van der Waals surface area contributed by atoms with Crippen LogP contribution in [0.5, 0.6) is 11.5 Å². The lowest BCUT2D eigenvalue weighted by Crippen LogP contribution is -2.29. The number of nitrogens with zero attached hydrogens (tertiary/aromatic N) is 2. The van der Waals surface area contributed by atoms with Gasteiger partial charge in [-0.25, -0.2) is 4.98 Å². The second-order valence-electron chi connectivity index (χ2n) is 7.72. The first-order valence-corrected chi connectivity index (χ1v) is 11.4. The van der Waals surface area contributed by atoms with Gasteiger partial charge in [-0.2, -0.15) is 0 Å². The highest BCUT2D eigenvalue weighted by Crippen LogP contribution is 2.30. The first kappa shape index (κ1) is 23.0. The van der Waals surface area contributed by atoms with Crippen LogP contribution in [0.1, 0.15) is 48.1 Å². The van der Waals surface area contributed by atoms with E-state index in [1.165, 1.54) is 0 Å². The fourth-order valence-electron chi connectivity index (χ4n) is 3.56. The van der Waals surface area contributed by atoms with Crippen LogP contribution in [0.15, 0.2) is 79.3 Å². The van der Waals surface area contributed by atoms with E-state index in [9.17, 15) is 4.79 Å². The van der Waals surface area contributed by atoms with Crippen LogP contribution in [-0.2, 0) is 6.61 Å². The van der Waals surface area contributed by atoms with Gasteiger partial charge in [0.15, 0.2) is 11.5 Å². The highest BCUT2D eigenvalue weighted by molar-refractivity contribution is 5.95. The zero-order valence-corrected chi connectivity index (χ0v) is 19.3. The van der Waals surface area contributed by atoms with Crippen LogP contribution in [0.2, 0.25) is 0 Å². The number of aromatic amines is 1. The van der Waals surface area contributed by atoms with Crippen LogP contribution in [0.3, 0.4) is 0 Å². The normalized spacial score (nSPS) is 11.6. The number of imidazole rings is 1. The second-order valence-corrected chi connectivity index (χ2v) is 7.72. The number of pyridine rings is 1. The van der Waals surface area contributed by atoms with E-state index in [-0.39, 0.29) is 11.9 Å². The molecular formula is C27H28N4O3. The molecule has 0 saturated heterocycles. The Labute approximate surface area is 199 Å². The third kappa shape index (κ3) is 5.61. The standard InChI is InChI=1S/C27H28N4O3/c1-3-22(26-29-17-23(30-26)20-8-6-5-7-9-20)31-27(32)21-10-11-24(25(16-21)33-4-2)34-18-19-12-14-28-15-13-19/h5-17,22H,3-4,18H2,1-2H3,(H,29,30)(H,31,32). The van der Waals surface area contributed by atoms with Gasteiger partial charge in [-0.15, -0.1) is 0 Å². The smallest absolute Gasteiger partial charge is 0.252 e. The largest absolute Gasteiger partial charge is 0.490 e. The molecule has 7 heteroatoms. The maximum atomic E-state index is 13.1. The summed E-state index contributed by atoms with van der Waals surface area (Å²) >= 11 is 0. The molecule has 0 aliphatic rings. The van der Waals surface area contributed by atoms with E-state index in [1.54, 1.807) is 36.8 Å². The van der Waals surface area contributed by atoms with E-state index in [2.05, 4.69) is 20.3 Å². The van der Waals surface area contributed by atoms with Crippen molar-refractivity contribution in [1.29, 1.82) is 0 Å². The van der Waals surface area contributed by atoms with Crippen LogP contribution in [-0.4, -0.2) is 27.5 Å². The fraction of sp³-hybridized carbons (Fsp3) is 0.222. The van der Waals surface area contributed by atoms with Gasteiger partial charge in [-0.1, -0.05) is 37.3 Å². The number of amides is 1. The summed E-state index contributed by atoms with van der Waals surface area (Å²) in [4.78, 5) is 24.9. The zero-order valence-electron chi connectivity index (χ0n) is 19.3. The van der Waals surface area contributed by atoms with E-state index in [4.69, 9.17) is 9.47 Å². The molecule has 4 rings (SSSR count). The number of hydrogen-bond donors (Lipinski definition) is 2. The van der Waals surface area contributed by atoms with Crippen LogP contribution in [0.25, 0.3) is 11.3 Å². The van der Waals surface area contributed by atoms with Gasteiger partial charge < -0.3 is 19.8 Å². The minimum absolute atomic E-state index is 0.203. The number of rotatable bonds is 10. The van der Waals surface area contributed by atoms with Crippen molar-refractivity contribution in [3.8, 4) is 22.8 Å². The predicted octanol–water partition coefficient (Wildman–Crippen LogP) is 5.33. The maximum Gasteiger partial charge on any atom is 0.252 e. The summed E-state index contributed by atoms with van der Waals surface area (Å²) in [5, 5.41) is 3.07. The molecule has 1 amide bonds. The molecule has 2 aromatic heterocycles. The molecule has 2 heterocycles. The Hall–Kier alpha value is -4.13. The van der Waals surface area contributed by atoms with Crippen molar-refractivity contribution in [2.24, 2.45) is 0 Å². The molecule has 2 N–H and O–H groups in total. The monoisotopic (exact) mass is 456 g/mol. The van der Waals surface area contributed by atoms with Gasteiger partial charge in [-0.3, -0.25) is 9.78 Å². The number of carbonyl (C=O) groups excluding carboxylic acids is 1. The quantitative estimate of drug-likeness (QED) is 0.337. The van der Waals surface area contributed by atoms with E-state index < -0.39 is 0 Å². The van der Waals surface area contributed by atoms with Crippen LogP contribution in [0, 0.1) is 0 Å². The molecule has 0 aliphatic carbocycles. The second kappa shape index (κ2) is 11.1. The van der Waals surface area contributed by atoms with Gasteiger partial charge in [0, 0.05) is 18.0 Å². The van der Waals surface area contributed by atoms with E-state index in [1.807, 2.05) is 56.3 Å². The topological polar surface area (TPSA) is 89.1 Å². The lowest BCUT2D eigenvalue weighted by molar-refractivity contribution is 0.0933. The maximum absolute atomic E-state index is 13.1. The summed E-state index contributed by atoms with van der Waals surface area (Å²) in [6, 6.07) is 18.7.